The van der Waals surface area contributed by atoms with Gasteiger partial charge in [0.15, 0.2) is 6.29 Å². The Kier molecular flexibility index (Phi) is 6.53. The maximum atomic E-state index is 11.5. The first kappa shape index (κ1) is 15.7. The second-order valence-corrected chi connectivity index (χ2v) is 4.44. The summed E-state index contributed by atoms with van der Waals surface area (Å²) < 4.78 is 15.4. The Morgan fingerprint density at radius 2 is 1.74 bits per heavy atom. The summed E-state index contributed by atoms with van der Waals surface area (Å²) in [5, 5.41) is 0. The molecular weight excluding hydrogens is 244 g/mol. The van der Waals surface area contributed by atoms with Crippen LogP contribution >= 0.6 is 0 Å². The molecule has 1 aromatic rings. The molecule has 0 aliphatic carbocycles. The lowest BCUT2D eigenvalue weighted by atomic mass is 9.99. The first-order valence-corrected chi connectivity index (χ1v) is 6.44. The second-order valence-electron chi connectivity index (χ2n) is 4.44. The lowest BCUT2D eigenvalue weighted by Crippen LogP contribution is -2.24. The van der Waals surface area contributed by atoms with Gasteiger partial charge in [0.05, 0.1) is 12.2 Å². The first-order chi connectivity index (χ1) is 9.12. The SMILES string of the molecule is CCOC(=O)c1ccc(C[C@H](C)C(OC)OC)cc1. The smallest absolute Gasteiger partial charge is 0.338 e. The van der Waals surface area contributed by atoms with Crippen molar-refractivity contribution in [2.75, 3.05) is 20.8 Å². The fourth-order valence-electron chi connectivity index (χ4n) is 2.02. The Morgan fingerprint density at radius 3 is 2.21 bits per heavy atom. The summed E-state index contributed by atoms with van der Waals surface area (Å²) in [4.78, 5) is 11.5. The molecule has 0 bridgehead atoms. The van der Waals surface area contributed by atoms with Gasteiger partial charge in [-0.05, 0) is 31.0 Å². The molecule has 0 aromatic heterocycles. The summed E-state index contributed by atoms with van der Waals surface area (Å²) in [6.07, 6.45) is 0.611. The summed E-state index contributed by atoms with van der Waals surface area (Å²) in [5.74, 6) is -0.0443. The van der Waals surface area contributed by atoms with Crippen LogP contribution < -0.4 is 0 Å². The van der Waals surface area contributed by atoms with Gasteiger partial charge in [0.1, 0.15) is 0 Å². The highest BCUT2D eigenvalue weighted by molar-refractivity contribution is 5.89. The minimum Gasteiger partial charge on any atom is -0.462 e. The summed E-state index contributed by atoms with van der Waals surface area (Å²) >= 11 is 0. The van der Waals surface area contributed by atoms with Crippen LogP contribution in [0.2, 0.25) is 0 Å². The van der Waals surface area contributed by atoms with E-state index in [1.165, 1.54) is 0 Å². The molecule has 1 atom stereocenters. The zero-order valence-electron chi connectivity index (χ0n) is 12.0. The summed E-state index contributed by atoms with van der Waals surface area (Å²) in [7, 11) is 3.27. The lowest BCUT2D eigenvalue weighted by Gasteiger charge is -2.21. The molecule has 19 heavy (non-hydrogen) atoms. The highest BCUT2D eigenvalue weighted by Gasteiger charge is 2.16. The summed E-state index contributed by atoms with van der Waals surface area (Å²) in [6.45, 7) is 4.25. The molecule has 0 aliphatic rings. The lowest BCUT2D eigenvalue weighted by molar-refractivity contribution is -0.132. The third-order valence-corrected chi connectivity index (χ3v) is 2.95. The molecule has 0 fully saturated rings. The number of rotatable bonds is 7. The van der Waals surface area contributed by atoms with E-state index in [2.05, 4.69) is 6.92 Å². The standard InChI is InChI=1S/C15H22O4/c1-5-19-14(16)13-8-6-12(7-9-13)10-11(2)15(17-3)18-4/h6-9,11,15H,5,10H2,1-4H3/t11-/m0/s1. The first-order valence-electron chi connectivity index (χ1n) is 6.44. The normalized spacial score (nSPS) is 12.5. The number of benzene rings is 1. The number of ether oxygens (including phenoxy) is 3. The van der Waals surface area contributed by atoms with E-state index < -0.39 is 0 Å². The van der Waals surface area contributed by atoms with Gasteiger partial charge in [-0.15, -0.1) is 0 Å². The molecule has 0 N–H and O–H groups in total. The minimum absolute atomic E-state index is 0.218. The zero-order valence-corrected chi connectivity index (χ0v) is 12.0. The Balaban J connectivity index is 2.64. The monoisotopic (exact) mass is 266 g/mol. The van der Waals surface area contributed by atoms with Crippen molar-refractivity contribution in [1.82, 2.24) is 0 Å². The van der Waals surface area contributed by atoms with E-state index in [-0.39, 0.29) is 18.2 Å². The molecule has 0 unspecified atom stereocenters. The topological polar surface area (TPSA) is 44.8 Å². The van der Waals surface area contributed by atoms with Crippen molar-refractivity contribution >= 4 is 5.97 Å². The van der Waals surface area contributed by atoms with Crippen molar-refractivity contribution < 1.29 is 19.0 Å². The van der Waals surface area contributed by atoms with Gasteiger partial charge in [0, 0.05) is 20.1 Å². The molecule has 1 rings (SSSR count). The average molecular weight is 266 g/mol. The number of esters is 1. The number of hydrogen-bond acceptors (Lipinski definition) is 4. The molecule has 106 valence electrons. The predicted octanol–water partition coefficient (Wildman–Crippen LogP) is 2.66. The van der Waals surface area contributed by atoms with Crippen LogP contribution in [0.3, 0.4) is 0 Å². The van der Waals surface area contributed by atoms with Crippen LogP contribution in [0.4, 0.5) is 0 Å². The quantitative estimate of drug-likeness (QED) is 0.562. The van der Waals surface area contributed by atoms with Crippen molar-refractivity contribution in [2.45, 2.75) is 26.6 Å². The largest absolute Gasteiger partial charge is 0.462 e. The maximum Gasteiger partial charge on any atom is 0.338 e. The molecule has 4 heteroatoms. The van der Waals surface area contributed by atoms with Gasteiger partial charge in [-0.1, -0.05) is 19.1 Å². The minimum atomic E-state index is -0.284. The number of carbonyl (C=O) groups is 1. The molecule has 0 spiro atoms. The summed E-state index contributed by atoms with van der Waals surface area (Å²) in [6, 6.07) is 7.44. The van der Waals surface area contributed by atoms with Crippen LogP contribution in [0.5, 0.6) is 0 Å². The van der Waals surface area contributed by atoms with Crippen molar-refractivity contribution in [3.8, 4) is 0 Å². The Morgan fingerprint density at radius 1 is 1.16 bits per heavy atom. The van der Waals surface area contributed by atoms with Crippen LogP contribution in [0.15, 0.2) is 24.3 Å². The molecule has 0 amide bonds. The van der Waals surface area contributed by atoms with E-state index in [1.54, 1.807) is 33.3 Å². The van der Waals surface area contributed by atoms with Gasteiger partial charge >= 0.3 is 5.97 Å². The third-order valence-electron chi connectivity index (χ3n) is 2.95. The molecule has 0 radical (unpaired) electrons. The number of hydrogen-bond donors (Lipinski definition) is 0. The molecule has 0 saturated heterocycles. The van der Waals surface area contributed by atoms with E-state index in [1.807, 2.05) is 12.1 Å². The van der Waals surface area contributed by atoms with Gasteiger partial charge in [-0.25, -0.2) is 4.79 Å². The van der Waals surface area contributed by atoms with E-state index in [0.717, 1.165) is 12.0 Å². The van der Waals surface area contributed by atoms with Gasteiger partial charge in [0.25, 0.3) is 0 Å². The molecular formula is C15H22O4. The second kappa shape index (κ2) is 7.92. The number of methoxy groups -OCH3 is 2. The van der Waals surface area contributed by atoms with Gasteiger partial charge < -0.3 is 14.2 Å². The van der Waals surface area contributed by atoms with Crippen molar-refractivity contribution in [3.05, 3.63) is 35.4 Å². The van der Waals surface area contributed by atoms with Crippen LogP contribution in [0.25, 0.3) is 0 Å². The van der Waals surface area contributed by atoms with Gasteiger partial charge in [-0.3, -0.25) is 0 Å². The molecule has 0 saturated carbocycles. The summed E-state index contributed by atoms with van der Waals surface area (Å²) in [5.41, 5.74) is 1.72. The third kappa shape index (κ3) is 4.65. The Hall–Kier alpha value is -1.39. The van der Waals surface area contributed by atoms with E-state index in [0.29, 0.717) is 12.2 Å². The van der Waals surface area contributed by atoms with Crippen LogP contribution in [-0.2, 0) is 20.6 Å². The number of carbonyl (C=O) groups excluding carboxylic acids is 1. The van der Waals surface area contributed by atoms with Crippen LogP contribution in [0.1, 0.15) is 29.8 Å². The van der Waals surface area contributed by atoms with E-state index in [4.69, 9.17) is 14.2 Å². The predicted molar refractivity (Wildman–Crippen MR) is 73.1 cm³/mol. The van der Waals surface area contributed by atoms with Gasteiger partial charge in [0.2, 0.25) is 0 Å². The highest BCUT2D eigenvalue weighted by atomic mass is 16.7. The van der Waals surface area contributed by atoms with Crippen LogP contribution in [-0.4, -0.2) is 33.1 Å². The fraction of sp³-hybridized carbons (Fsp3) is 0.533. The van der Waals surface area contributed by atoms with Crippen LogP contribution in [0, 0.1) is 5.92 Å². The van der Waals surface area contributed by atoms with Crippen molar-refractivity contribution in [2.24, 2.45) is 5.92 Å². The Bertz CT molecular complexity index is 382. The van der Waals surface area contributed by atoms with Gasteiger partial charge in [-0.2, -0.15) is 0 Å². The van der Waals surface area contributed by atoms with E-state index in [9.17, 15) is 4.79 Å². The average Bonchev–Trinajstić information content (AvgIpc) is 2.41. The maximum absolute atomic E-state index is 11.5. The molecule has 1 aromatic carbocycles. The molecule has 0 aliphatic heterocycles. The fourth-order valence-corrected chi connectivity index (χ4v) is 2.02. The van der Waals surface area contributed by atoms with Crippen molar-refractivity contribution in [1.29, 1.82) is 0 Å². The van der Waals surface area contributed by atoms with Crippen molar-refractivity contribution in [3.63, 3.8) is 0 Å². The molecule has 4 nitrogen and oxygen atoms in total. The zero-order chi connectivity index (χ0) is 14.3. The van der Waals surface area contributed by atoms with E-state index >= 15 is 0 Å². The Labute approximate surface area is 114 Å². The highest BCUT2D eigenvalue weighted by Crippen LogP contribution is 2.16. The molecule has 0 heterocycles.